The van der Waals surface area contributed by atoms with E-state index < -0.39 is 6.26 Å². The molecule has 1 nitrogen and oxygen atoms in total. The largest absolute Gasteiger partial charge is 0.365 e. The van der Waals surface area contributed by atoms with Crippen LogP contribution in [0, 0.1) is 0 Å². The van der Waals surface area contributed by atoms with E-state index in [4.69, 9.17) is 16.7 Å². The summed E-state index contributed by atoms with van der Waals surface area (Å²) in [6.07, 6.45) is 2.48. The SMILES string of the molecule is OP1(=S)CCCC1. The van der Waals surface area contributed by atoms with Gasteiger partial charge in [0.25, 0.3) is 0 Å². The summed E-state index contributed by atoms with van der Waals surface area (Å²) in [7, 11) is 0. The first-order valence-electron chi connectivity index (χ1n) is 2.52. The van der Waals surface area contributed by atoms with Gasteiger partial charge in [-0.25, -0.2) is 0 Å². The van der Waals surface area contributed by atoms with Crippen LogP contribution in [0.5, 0.6) is 0 Å². The normalized spacial score (nSPS) is 28.1. The Kier molecular flexibility index (Phi) is 1.52. The van der Waals surface area contributed by atoms with Crippen LogP contribution < -0.4 is 0 Å². The van der Waals surface area contributed by atoms with Gasteiger partial charge < -0.3 is 4.89 Å². The maximum absolute atomic E-state index is 9.12. The molecule has 0 bridgehead atoms. The summed E-state index contributed by atoms with van der Waals surface area (Å²) < 4.78 is 0. The summed E-state index contributed by atoms with van der Waals surface area (Å²) in [6.45, 7) is 0. The van der Waals surface area contributed by atoms with E-state index in [9.17, 15) is 0 Å². The van der Waals surface area contributed by atoms with Crippen LogP contribution in [0.4, 0.5) is 0 Å². The van der Waals surface area contributed by atoms with Crippen molar-refractivity contribution >= 4 is 18.1 Å². The van der Waals surface area contributed by atoms with Crippen molar-refractivity contribution in [3.63, 3.8) is 0 Å². The highest BCUT2D eigenvalue weighted by Gasteiger charge is 2.17. The van der Waals surface area contributed by atoms with Crippen molar-refractivity contribution in [3.05, 3.63) is 0 Å². The van der Waals surface area contributed by atoms with Gasteiger partial charge in [0.15, 0.2) is 0 Å². The molecule has 0 radical (unpaired) electrons. The van der Waals surface area contributed by atoms with Gasteiger partial charge in [0.1, 0.15) is 0 Å². The molecule has 1 aliphatic heterocycles. The average molecular weight is 136 g/mol. The van der Waals surface area contributed by atoms with Gasteiger partial charge in [-0.15, -0.1) is 0 Å². The van der Waals surface area contributed by atoms with Crippen molar-refractivity contribution in [2.24, 2.45) is 0 Å². The van der Waals surface area contributed by atoms with Crippen LogP contribution in [0.1, 0.15) is 12.8 Å². The van der Waals surface area contributed by atoms with Gasteiger partial charge in [-0.05, 0) is 25.2 Å². The van der Waals surface area contributed by atoms with E-state index in [0.717, 1.165) is 25.2 Å². The maximum atomic E-state index is 9.12. The summed E-state index contributed by atoms with van der Waals surface area (Å²) in [5, 5.41) is 0. The zero-order valence-electron chi connectivity index (χ0n) is 4.13. The van der Waals surface area contributed by atoms with Crippen molar-refractivity contribution in [1.82, 2.24) is 0 Å². The van der Waals surface area contributed by atoms with E-state index >= 15 is 0 Å². The van der Waals surface area contributed by atoms with E-state index in [0.29, 0.717) is 0 Å². The molecule has 7 heavy (non-hydrogen) atoms. The molecule has 0 aliphatic carbocycles. The molecule has 1 aliphatic rings. The molecule has 0 atom stereocenters. The van der Waals surface area contributed by atoms with Crippen LogP contribution in [-0.4, -0.2) is 17.2 Å². The van der Waals surface area contributed by atoms with Crippen molar-refractivity contribution < 1.29 is 4.89 Å². The van der Waals surface area contributed by atoms with E-state index in [-0.39, 0.29) is 0 Å². The lowest BCUT2D eigenvalue weighted by Crippen LogP contribution is -1.76. The first-order valence-corrected chi connectivity index (χ1v) is 5.64. The van der Waals surface area contributed by atoms with Gasteiger partial charge in [0, 0.05) is 0 Å². The zero-order valence-corrected chi connectivity index (χ0v) is 5.84. The van der Waals surface area contributed by atoms with E-state index in [1.54, 1.807) is 0 Å². The molecule has 1 N–H and O–H groups in total. The van der Waals surface area contributed by atoms with Gasteiger partial charge in [0.05, 0.1) is 6.26 Å². The van der Waals surface area contributed by atoms with Gasteiger partial charge in [-0.1, -0.05) is 11.8 Å². The molecule has 0 aromatic heterocycles. The molecular formula is C4H9OPS. The molecule has 0 amide bonds. The molecule has 42 valence electrons. The van der Waals surface area contributed by atoms with Gasteiger partial charge in [-0.3, -0.25) is 0 Å². The third-order valence-corrected chi connectivity index (χ3v) is 4.39. The minimum Gasteiger partial charge on any atom is -0.365 e. The highest BCUT2D eigenvalue weighted by molar-refractivity contribution is 8.11. The van der Waals surface area contributed by atoms with Crippen molar-refractivity contribution in [3.8, 4) is 0 Å². The van der Waals surface area contributed by atoms with E-state index in [2.05, 4.69) is 0 Å². The smallest absolute Gasteiger partial charge is 0.0636 e. The number of hydrogen-bond donors (Lipinski definition) is 1. The summed E-state index contributed by atoms with van der Waals surface area (Å²) >= 11 is 4.88. The molecule has 3 heteroatoms. The van der Waals surface area contributed by atoms with Gasteiger partial charge in [-0.2, -0.15) is 0 Å². The molecule has 0 unspecified atom stereocenters. The average Bonchev–Trinajstić information content (AvgIpc) is 1.84. The van der Waals surface area contributed by atoms with Crippen LogP contribution in [0.25, 0.3) is 0 Å². The lowest BCUT2D eigenvalue weighted by Gasteiger charge is -2.00. The highest BCUT2D eigenvalue weighted by Crippen LogP contribution is 2.47. The molecule has 0 aromatic carbocycles. The van der Waals surface area contributed by atoms with Crippen molar-refractivity contribution in [2.75, 3.05) is 12.3 Å². The predicted molar refractivity (Wildman–Crippen MR) is 35.5 cm³/mol. The van der Waals surface area contributed by atoms with E-state index in [1.807, 2.05) is 0 Å². The third-order valence-electron chi connectivity index (χ3n) is 1.27. The highest BCUT2D eigenvalue weighted by atomic mass is 32.4. The fraction of sp³-hybridized carbons (Fsp3) is 1.00. The van der Waals surface area contributed by atoms with Crippen LogP contribution in [0.2, 0.25) is 0 Å². The predicted octanol–water partition coefficient (Wildman–Crippen LogP) is 1.17. The minimum absolute atomic E-state index is 0.933. The Morgan fingerprint density at radius 2 is 1.71 bits per heavy atom. The van der Waals surface area contributed by atoms with Crippen LogP contribution in [0.15, 0.2) is 0 Å². The Labute approximate surface area is 48.8 Å². The zero-order chi connectivity index (χ0) is 5.33. The Balaban J connectivity index is 2.57. The van der Waals surface area contributed by atoms with Crippen LogP contribution in [-0.2, 0) is 11.8 Å². The third kappa shape index (κ3) is 1.52. The minimum atomic E-state index is -1.71. The number of hydrogen-bond acceptors (Lipinski definition) is 1. The lowest BCUT2D eigenvalue weighted by molar-refractivity contribution is 0.628. The van der Waals surface area contributed by atoms with Crippen molar-refractivity contribution in [2.45, 2.75) is 12.8 Å². The van der Waals surface area contributed by atoms with E-state index in [1.165, 1.54) is 0 Å². The van der Waals surface area contributed by atoms with Crippen molar-refractivity contribution in [1.29, 1.82) is 0 Å². The standard InChI is InChI=1S/C4H9OPS/c5-6(7)3-1-2-4-6/h1-4H2,(H,5,7). The first-order chi connectivity index (χ1) is 3.21. The monoisotopic (exact) mass is 136 g/mol. The second kappa shape index (κ2) is 1.85. The molecule has 1 rings (SSSR count). The van der Waals surface area contributed by atoms with Crippen LogP contribution in [0.3, 0.4) is 0 Å². The fourth-order valence-corrected chi connectivity index (χ4v) is 3.26. The first kappa shape index (κ1) is 5.74. The number of rotatable bonds is 0. The summed E-state index contributed by atoms with van der Waals surface area (Å²) in [4.78, 5) is 9.12. The Morgan fingerprint density at radius 3 is 1.86 bits per heavy atom. The summed E-state index contributed by atoms with van der Waals surface area (Å²) in [5.41, 5.74) is 0. The fourth-order valence-electron chi connectivity index (χ4n) is 0.830. The molecule has 1 saturated heterocycles. The topological polar surface area (TPSA) is 20.2 Å². The Hall–Kier alpha value is 0.610. The summed E-state index contributed by atoms with van der Waals surface area (Å²) in [5.74, 6) is 0. The second-order valence-corrected chi connectivity index (χ2v) is 6.63. The molecule has 0 spiro atoms. The Bertz CT molecular complexity index is 102. The molecule has 0 aromatic rings. The lowest BCUT2D eigenvalue weighted by atomic mass is 10.4. The Morgan fingerprint density at radius 1 is 1.29 bits per heavy atom. The van der Waals surface area contributed by atoms with Crippen LogP contribution >= 0.6 is 6.26 Å². The van der Waals surface area contributed by atoms with Gasteiger partial charge >= 0.3 is 0 Å². The molecular weight excluding hydrogens is 127 g/mol. The molecule has 1 fully saturated rings. The van der Waals surface area contributed by atoms with Gasteiger partial charge in [0.2, 0.25) is 0 Å². The molecule has 0 saturated carbocycles. The summed E-state index contributed by atoms with van der Waals surface area (Å²) in [6, 6.07) is 0. The quantitative estimate of drug-likeness (QED) is 0.504. The second-order valence-electron chi connectivity index (χ2n) is 2.00. The maximum Gasteiger partial charge on any atom is 0.0636 e. The molecule has 1 heterocycles.